The first kappa shape index (κ1) is 16.3. The number of rotatable bonds is 7. The van der Waals surface area contributed by atoms with Gasteiger partial charge in [0, 0.05) is 24.2 Å². The van der Waals surface area contributed by atoms with E-state index < -0.39 is 0 Å². The largest absolute Gasteiger partial charge is 0.493 e. The second kappa shape index (κ2) is 7.80. The Morgan fingerprint density at radius 1 is 1.09 bits per heavy atom. The quantitative estimate of drug-likeness (QED) is 0.854. The molecule has 0 saturated heterocycles. The van der Waals surface area contributed by atoms with Gasteiger partial charge in [-0.05, 0) is 38.6 Å². The van der Waals surface area contributed by atoms with Crippen molar-refractivity contribution in [3.05, 3.63) is 52.3 Å². The van der Waals surface area contributed by atoms with E-state index in [1.165, 1.54) is 0 Å². The second-order valence-electron chi connectivity index (χ2n) is 5.00. The highest BCUT2D eigenvalue weighted by atomic mass is 16.5. The van der Waals surface area contributed by atoms with E-state index in [2.05, 4.69) is 5.32 Å². The monoisotopic (exact) mass is 300 g/mol. The molecular weight excluding hydrogens is 276 g/mol. The van der Waals surface area contributed by atoms with Crippen molar-refractivity contribution < 1.29 is 4.74 Å². The molecule has 0 bridgehead atoms. The Bertz CT molecular complexity index is 677. The van der Waals surface area contributed by atoms with E-state index in [1.807, 2.05) is 61.7 Å². The fraction of sp³-hybridized carbons (Fsp3) is 0.389. The molecule has 4 heteroatoms. The normalized spacial score (nSPS) is 10.7. The molecule has 0 unspecified atom stereocenters. The molecule has 0 fully saturated rings. The Kier molecular flexibility index (Phi) is 5.78. The predicted octanol–water partition coefficient (Wildman–Crippen LogP) is 3.04. The van der Waals surface area contributed by atoms with Crippen LogP contribution in [0.4, 0.5) is 0 Å². The van der Waals surface area contributed by atoms with Crippen LogP contribution in [-0.2, 0) is 13.1 Å². The van der Waals surface area contributed by atoms with Crippen molar-refractivity contribution in [1.29, 1.82) is 0 Å². The van der Waals surface area contributed by atoms with Crippen LogP contribution in [0.25, 0.3) is 11.3 Å². The van der Waals surface area contributed by atoms with Gasteiger partial charge in [-0.1, -0.05) is 25.1 Å². The Morgan fingerprint density at radius 3 is 2.55 bits per heavy atom. The molecule has 0 atom stereocenters. The number of hydrogen-bond acceptors (Lipinski definition) is 3. The Balaban J connectivity index is 2.52. The molecule has 2 aromatic rings. The minimum Gasteiger partial charge on any atom is -0.493 e. The lowest BCUT2D eigenvalue weighted by Gasteiger charge is -2.16. The van der Waals surface area contributed by atoms with Crippen LogP contribution in [0.2, 0.25) is 0 Å². The summed E-state index contributed by atoms with van der Waals surface area (Å²) in [6, 6.07) is 11.8. The van der Waals surface area contributed by atoms with Crippen molar-refractivity contribution in [1.82, 2.24) is 9.88 Å². The van der Waals surface area contributed by atoms with Gasteiger partial charge in [-0.15, -0.1) is 0 Å². The van der Waals surface area contributed by atoms with Gasteiger partial charge >= 0.3 is 0 Å². The van der Waals surface area contributed by atoms with Crippen molar-refractivity contribution in [2.24, 2.45) is 0 Å². The molecule has 0 saturated carbocycles. The minimum absolute atomic E-state index is 0.0623. The lowest BCUT2D eigenvalue weighted by molar-refractivity contribution is 0.341. The van der Waals surface area contributed by atoms with Gasteiger partial charge < -0.3 is 14.6 Å². The summed E-state index contributed by atoms with van der Waals surface area (Å²) in [5, 5.41) is 3.21. The fourth-order valence-electron chi connectivity index (χ4n) is 2.53. The number of ether oxygens (including phenoxy) is 1. The number of para-hydroxylation sites is 1. The van der Waals surface area contributed by atoms with Crippen LogP contribution in [0.1, 0.15) is 26.3 Å². The van der Waals surface area contributed by atoms with Crippen molar-refractivity contribution in [2.45, 2.75) is 33.9 Å². The Morgan fingerprint density at radius 2 is 1.86 bits per heavy atom. The topological polar surface area (TPSA) is 43.3 Å². The first-order valence-electron chi connectivity index (χ1n) is 7.88. The van der Waals surface area contributed by atoms with Crippen LogP contribution >= 0.6 is 0 Å². The summed E-state index contributed by atoms with van der Waals surface area (Å²) >= 11 is 0. The summed E-state index contributed by atoms with van der Waals surface area (Å²) in [5.41, 5.74) is 2.71. The van der Waals surface area contributed by atoms with Crippen molar-refractivity contribution in [3.63, 3.8) is 0 Å². The molecule has 0 aliphatic rings. The third-order valence-corrected chi connectivity index (χ3v) is 3.60. The molecule has 0 aliphatic heterocycles. The number of aromatic nitrogens is 1. The Labute approximate surface area is 131 Å². The SMILES string of the molecule is CCNCc1ccc(-c2ccccc2OCC)n(CC)c1=O. The maximum Gasteiger partial charge on any atom is 0.255 e. The first-order valence-corrected chi connectivity index (χ1v) is 7.88. The maximum absolute atomic E-state index is 12.7. The highest BCUT2D eigenvalue weighted by Crippen LogP contribution is 2.29. The average molecular weight is 300 g/mol. The molecule has 22 heavy (non-hydrogen) atoms. The van der Waals surface area contributed by atoms with Crippen LogP contribution in [0, 0.1) is 0 Å². The average Bonchev–Trinajstić information content (AvgIpc) is 2.54. The highest BCUT2D eigenvalue weighted by molar-refractivity contribution is 5.67. The van der Waals surface area contributed by atoms with Crippen LogP contribution in [0.15, 0.2) is 41.2 Å². The van der Waals surface area contributed by atoms with Gasteiger partial charge in [0.25, 0.3) is 5.56 Å². The van der Waals surface area contributed by atoms with E-state index in [-0.39, 0.29) is 5.56 Å². The molecule has 4 nitrogen and oxygen atoms in total. The number of hydrogen-bond donors (Lipinski definition) is 1. The first-order chi connectivity index (χ1) is 10.7. The number of pyridine rings is 1. The van der Waals surface area contributed by atoms with Gasteiger partial charge in [0.15, 0.2) is 0 Å². The third-order valence-electron chi connectivity index (χ3n) is 3.60. The lowest BCUT2D eigenvalue weighted by atomic mass is 10.1. The van der Waals surface area contributed by atoms with Gasteiger partial charge in [0.2, 0.25) is 0 Å². The van der Waals surface area contributed by atoms with Crippen molar-refractivity contribution in [3.8, 4) is 17.0 Å². The smallest absolute Gasteiger partial charge is 0.255 e. The van der Waals surface area contributed by atoms with E-state index in [4.69, 9.17) is 4.74 Å². The van der Waals surface area contributed by atoms with E-state index >= 15 is 0 Å². The highest BCUT2D eigenvalue weighted by Gasteiger charge is 2.12. The van der Waals surface area contributed by atoms with Gasteiger partial charge in [-0.25, -0.2) is 0 Å². The molecule has 1 aromatic heterocycles. The van der Waals surface area contributed by atoms with Crippen LogP contribution in [0.3, 0.4) is 0 Å². The van der Waals surface area contributed by atoms with Gasteiger partial charge in [0.1, 0.15) is 5.75 Å². The van der Waals surface area contributed by atoms with Gasteiger partial charge in [-0.2, -0.15) is 0 Å². The number of benzene rings is 1. The van der Waals surface area contributed by atoms with Gasteiger partial charge in [0.05, 0.1) is 12.3 Å². The summed E-state index contributed by atoms with van der Waals surface area (Å²) in [7, 11) is 0. The van der Waals surface area contributed by atoms with Crippen LogP contribution < -0.4 is 15.6 Å². The molecular formula is C18H24N2O2. The molecule has 2 rings (SSSR count). The summed E-state index contributed by atoms with van der Waals surface area (Å²) < 4.78 is 7.51. The molecule has 118 valence electrons. The molecule has 0 aliphatic carbocycles. The fourth-order valence-corrected chi connectivity index (χ4v) is 2.53. The zero-order chi connectivity index (χ0) is 15.9. The lowest BCUT2D eigenvalue weighted by Crippen LogP contribution is -2.27. The molecule has 1 aromatic carbocycles. The summed E-state index contributed by atoms with van der Waals surface area (Å²) in [6.07, 6.45) is 0. The van der Waals surface area contributed by atoms with Crippen LogP contribution in [-0.4, -0.2) is 17.7 Å². The van der Waals surface area contributed by atoms with E-state index in [9.17, 15) is 4.79 Å². The number of nitrogens with one attached hydrogen (secondary N) is 1. The third kappa shape index (κ3) is 3.39. The van der Waals surface area contributed by atoms with Crippen molar-refractivity contribution in [2.75, 3.05) is 13.2 Å². The maximum atomic E-state index is 12.7. The van der Waals surface area contributed by atoms with Gasteiger partial charge in [-0.3, -0.25) is 4.79 Å². The predicted molar refractivity (Wildman–Crippen MR) is 90.4 cm³/mol. The molecule has 1 heterocycles. The number of nitrogens with zero attached hydrogens (tertiary/aromatic N) is 1. The summed E-state index contributed by atoms with van der Waals surface area (Å²) in [4.78, 5) is 12.7. The standard InChI is InChI=1S/C18H24N2O2/c1-4-19-13-14-11-12-16(20(5-2)18(14)21)15-9-7-8-10-17(15)22-6-3/h7-12,19H,4-6,13H2,1-3H3. The second-order valence-corrected chi connectivity index (χ2v) is 5.00. The van der Waals surface area contributed by atoms with Crippen LogP contribution in [0.5, 0.6) is 5.75 Å². The van der Waals surface area contributed by atoms with Crippen molar-refractivity contribution >= 4 is 0 Å². The Hall–Kier alpha value is -2.07. The molecule has 0 spiro atoms. The minimum atomic E-state index is 0.0623. The zero-order valence-electron chi connectivity index (χ0n) is 13.6. The molecule has 0 amide bonds. The summed E-state index contributed by atoms with van der Waals surface area (Å²) in [6.45, 7) is 8.67. The zero-order valence-corrected chi connectivity index (χ0v) is 13.6. The van der Waals surface area contributed by atoms with E-state index in [0.29, 0.717) is 19.7 Å². The molecule has 1 N–H and O–H groups in total. The van der Waals surface area contributed by atoms with E-state index in [1.54, 1.807) is 0 Å². The summed E-state index contributed by atoms with van der Waals surface area (Å²) in [5.74, 6) is 0.811. The molecule has 0 radical (unpaired) electrons. The van der Waals surface area contributed by atoms with E-state index in [0.717, 1.165) is 29.1 Å².